The predicted molar refractivity (Wildman–Crippen MR) is 84.8 cm³/mol. The van der Waals surface area contributed by atoms with E-state index in [9.17, 15) is 4.79 Å². The van der Waals surface area contributed by atoms with Crippen molar-refractivity contribution in [1.82, 2.24) is 0 Å². The maximum absolute atomic E-state index is 11.6. The third-order valence-corrected chi connectivity index (χ3v) is 4.49. The molecule has 1 rings (SSSR count). The summed E-state index contributed by atoms with van der Waals surface area (Å²) in [6.45, 7) is 2.89. The van der Waals surface area contributed by atoms with Crippen LogP contribution >= 0.6 is 0 Å². The topological polar surface area (TPSA) is 26.3 Å². The van der Waals surface area contributed by atoms with Gasteiger partial charge in [-0.3, -0.25) is 4.79 Å². The zero-order valence-corrected chi connectivity index (χ0v) is 13.5. The Kier molecular flexibility index (Phi) is 10.7. The van der Waals surface area contributed by atoms with E-state index in [2.05, 4.69) is 6.92 Å². The lowest BCUT2D eigenvalue weighted by molar-refractivity contribution is -0.144. The maximum Gasteiger partial charge on any atom is 0.305 e. The highest BCUT2D eigenvalue weighted by Crippen LogP contribution is 2.28. The Hall–Kier alpha value is -0.530. The summed E-state index contributed by atoms with van der Waals surface area (Å²) in [4.78, 5) is 11.6. The molecule has 0 aromatic heterocycles. The van der Waals surface area contributed by atoms with E-state index in [4.69, 9.17) is 4.74 Å². The molecule has 2 heteroatoms. The largest absolute Gasteiger partial charge is 0.466 e. The van der Waals surface area contributed by atoms with Crippen LogP contribution in [0.15, 0.2) is 0 Å². The van der Waals surface area contributed by atoms with Gasteiger partial charge in [-0.25, -0.2) is 0 Å². The molecule has 0 atom stereocenters. The maximum atomic E-state index is 11.6. The molecule has 0 bridgehead atoms. The van der Waals surface area contributed by atoms with Crippen LogP contribution in [0.3, 0.4) is 0 Å². The van der Waals surface area contributed by atoms with E-state index in [1.165, 1.54) is 70.6 Å². The van der Waals surface area contributed by atoms with Crippen LogP contribution in [0, 0.1) is 5.92 Å². The van der Waals surface area contributed by atoms with Gasteiger partial charge in [0, 0.05) is 6.42 Å². The highest BCUT2D eigenvalue weighted by Gasteiger charge is 2.16. The van der Waals surface area contributed by atoms with Crippen LogP contribution in [-0.2, 0) is 9.53 Å². The molecule has 0 spiro atoms. The molecule has 1 fully saturated rings. The second-order valence-electron chi connectivity index (χ2n) is 6.38. The number of carbonyl (C=O) groups excluding carboxylic acids is 1. The Morgan fingerprint density at radius 2 is 1.55 bits per heavy atom. The fraction of sp³-hybridized carbons (Fsp3) is 0.944. The SMILES string of the molecule is CCCCCCCCCCOC(=O)CCC1CCCC1. The van der Waals surface area contributed by atoms with Gasteiger partial charge in [-0.05, 0) is 18.8 Å². The molecule has 2 nitrogen and oxygen atoms in total. The average molecular weight is 282 g/mol. The standard InChI is InChI=1S/C18H34O2/c1-2-3-4-5-6-7-8-11-16-20-18(19)15-14-17-12-9-10-13-17/h17H,2-16H2,1H3. The van der Waals surface area contributed by atoms with Crippen molar-refractivity contribution in [1.29, 1.82) is 0 Å². The van der Waals surface area contributed by atoms with Crippen molar-refractivity contribution in [2.45, 2.75) is 96.8 Å². The number of hydrogen-bond acceptors (Lipinski definition) is 2. The Labute approximate surface area is 125 Å². The molecule has 0 radical (unpaired) electrons. The molecular weight excluding hydrogens is 248 g/mol. The Bertz CT molecular complexity index is 232. The van der Waals surface area contributed by atoms with Crippen LogP contribution in [0.4, 0.5) is 0 Å². The molecular formula is C18H34O2. The van der Waals surface area contributed by atoms with Crippen LogP contribution in [0.25, 0.3) is 0 Å². The zero-order valence-electron chi connectivity index (χ0n) is 13.5. The van der Waals surface area contributed by atoms with Gasteiger partial charge in [-0.1, -0.05) is 77.6 Å². The van der Waals surface area contributed by atoms with Crippen LogP contribution in [-0.4, -0.2) is 12.6 Å². The van der Waals surface area contributed by atoms with Gasteiger partial charge in [-0.2, -0.15) is 0 Å². The summed E-state index contributed by atoms with van der Waals surface area (Å²) in [6.07, 6.45) is 17.4. The highest BCUT2D eigenvalue weighted by atomic mass is 16.5. The van der Waals surface area contributed by atoms with Gasteiger partial charge in [0.1, 0.15) is 0 Å². The van der Waals surface area contributed by atoms with Crippen molar-refractivity contribution in [3.63, 3.8) is 0 Å². The normalized spacial score (nSPS) is 15.7. The van der Waals surface area contributed by atoms with E-state index >= 15 is 0 Å². The molecule has 0 aromatic carbocycles. The summed E-state index contributed by atoms with van der Waals surface area (Å²) in [7, 11) is 0. The number of carbonyl (C=O) groups is 1. The molecule has 1 saturated carbocycles. The number of hydrogen-bond donors (Lipinski definition) is 0. The summed E-state index contributed by atoms with van der Waals surface area (Å²) in [5, 5.41) is 0. The number of esters is 1. The minimum absolute atomic E-state index is 0.0276. The van der Waals surface area contributed by atoms with Gasteiger partial charge in [0.2, 0.25) is 0 Å². The second kappa shape index (κ2) is 12.2. The quantitative estimate of drug-likeness (QED) is 0.342. The molecule has 0 amide bonds. The highest BCUT2D eigenvalue weighted by molar-refractivity contribution is 5.69. The molecule has 20 heavy (non-hydrogen) atoms. The van der Waals surface area contributed by atoms with Gasteiger partial charge in [0.25, 0.3) is 0 Å². The van der Waals surface area contributed by atoms with Gasteiger partial charge < -0.3 is 4.74 Å². The minimum Gasteiger partial charge on any atom is -0.466 e. The predicted octanol–water partition coefficient (Wildman–Crippen LogP) is 5.64. The third kappa shape index (κ3) is 9.39. The molecule has 0 N–H and O–H groups in total. The van der Waals surface area contributed by atoms with Crippen molar-refractivity contribution < 1.29 is 9.53 Å². The number of rotatable bonds is 12. The van der Waals surface area contributed by atoms with Crippen LogP contribution in [0.5, 0.6) is 0 Å². The third-order valence-electron chi connectivity index (χ3n) is 4.49. The first-order valence-electron chi connectivity index (χ1n) is 8.98. The first kappa shape index (κ1) is 17.5. The van der Waals surface area contributed by atoms with E-state index in [0.717, 1.165) is 18.8 Å². The summed E-state index contributed by atoms with van der Waals surface area (Å²) >= 11 is 0. The van der Waals surface area contributed by atoms with Crippen molar-refractivity contribution in [2.75, 3.05) is 6.61 Å². The summed E-state index contributed by atoms with van der Waals surface area (Å²) in [5.41, 5.74) is 0. The van der Waals surface area contributed by atoms with Gasteiger partial charge >= 0.3 is 5.97 Å². The lowest BCUT2D eigenvalue weighted by atomic mass is 10.0. The lowest BCUT2D eigenvalue weighted by Gasteiger charge is -2.08. The van der Waals surface area contributed by atoms with Crippen molar-refractivity contribution >= 4 is 5.97 Å². The molecule has 118 valence electrons. The molecule has 0 aromatic rings. The van der Waals surface area contributed by atoms with Crippen LogP contribution in [0.1, 0.15) is 96.8 Å². The fourth-order valence-electron chi connectivity index (χ4n) is 3.12. The van der Waals surface area contributed by atoms with Crippen LogP contribution in [0.2, 0.25) is 0 Å². The Morgan fingerprint density at radius 3 is 2.20 bits per heavy atom. The van der Waals surface area contributed by atoms with Gasteiger partial charge in [0.05, 0.1) is 6.61 Å². The van der Waals surface area contributed by atoms with Crippen molar-refractivity contribution in [3.05, 3.63) is 0 Å². The van der Waals surface area contributed by atoms with E-state index < -0.39 is 0 Å². The van der Waals surface area contributed by atoms with E-state index in [0.29, 0.717) is 13.0 Å². The van der Waals surface area contributed by atoms with E-state index in [-0.39, 0.29) is 5.97 Å². The fourth-order valence-corrected chi connectivity index (χ4v) is 3.12. The molecule has 0 heterocycles. The molecule has 1 aliphatic carbocycles. The minimum atomic E-state index is 0.0276. The zero-order chi connectivity index (χ0) is 14.5. The Balaban J connectivity index is 1.79. The molecule has 0 aliphatic heterocycles. The number of ether oxygens (including phenoxy) is 1. The molecule has 1 aliphatic rings. The first-order chi connectivity index (χ1) is 9.83. The summed E-state index contributed by atoms with van der Waals surface area (Å²) in [6, 6.07) is 0. The molecule has 0 saturated heterocycles. The average Bonchev–Trinajstić information content (AvgIpc) is 2.96. The number of unbranched alkanes of at least 4 members (excludes halogenated alkanes) is 7. The second-order valence-corrected chi connectivity index (χ2v) is 6.38. The summed E-state index contributed by atoms with van der Waals surface area (Å²) in [5.74, 6) is 0.825. The summed E-state index contributed by atoms with van der Waals surface area (Å²) < 4.78 is 5.31. The monoisotopic (exact) mass is 282 g/mol. The van der Waals surface area contributed by atoms with Gasteiger partial charge in [-0.15, -0.1) is 0 Å². The smallest absolute Gasteiger partial charge is 0.305 e. The van der Waals surface area contributed by atoms with E-state index in [1.54, 1.807) is 0 Å². The van der Waals surface area contributed by atoms with Crippen LogP contribution < -0.4 is 0 Å². The van der Waals surface area contributed by atoms with Crippen molar-refractivity contribution in [2.24, 2.45) is 5.92 Å². The lowest BCUT2D eigenvalue weighted by Crippen LogP contribution is -2.07. The van der Waals surface area contributed by atoms with E-state index in [1.807, 2.05) is 0 Å². The first-order valence-corrected chi connectivity index (χ1v) is 8.98. The Morgan fingerprint density at radius 1 is 0.950 bits per heavy atom. The van der Waals surface area contributed by atoms with Gasteiger partial charge in [0.15, 0.2) is 0 Å². The molecule has 0 unspecified atom stereocenters. The van der Waals surface area contributed by atoms with Crippen molar-refractivity contribution in [3.8, 4) is 0 Å².